The van der Waals surface area contributed by atoms with Gasteiger partial charge in [-0.05, 0) is 41.6 Å². The number of hydrogen-bond donors (Lipinski definition) is 1. The van der Waals surface area contributed by atoms with Crippen molar-refractivity contribution in [3.05, 3.63) is 35.9 Å². The first-order valence-electron chi connectivity index (χ1n) is 11.9. The van der Waals surface area contributed by atoms with Gasteiger partial charge in [0.15, 0.2) is 0 Å². The molecule has 1 aromatic rings. The van der Waals surface area contributed by atoms with Gasteiger partial charge in [-0.2, -0.15) is 0 Å². The minimum Gasteiger partial charge on any atom is -0.466 e. The molecule has 1 aromatic carbocycles. The second kappa shape index (κ2) is 12.6. The number of nitrogens with one attached hydrogen (secondary N) is 1. The number of alkyl carbamates (subject to hydrolysis) is 1. The Balaban J connectivity index is 1.68. The van der Waals surface area contributed by atoms with Gasteiger partial charge in [0.2, 0.25) is 0 Å². The molecule has 1 fully saturated rings. The SMILES string of the molecule is COC(=O)NCC1(C)CC(CC(=O)OCCCOC(=O)N(C)Cc2ccccc2)CC(C)(C)C1. The molecular formula is C26H40N2O6. The maximum atomic E-state index is 12.4. The fraction of sp³-hybridized carbons (Fsp3) is 0.654. The predicted octanol–water partition coefficient (Wildman–Crippen LogP) is 4.77. The molecule has 0 aromatic heterocycles. The van der Waals surface area contributed by atoms with Crippen LogP contribution in [0.1, 0.15) is 58.4 Å². The highest BCUT2D eigenvalue weighted by Gasteiger charge is 2.42. The van der Waals surface area contributed by atoms with E-state index in [4.69, 9.17) is 14.2 Å². The Morgan fingerprint density at radius 3 is 2.41 bits per heavy atom. The van der Waals surface area contributed by atoms with Crippen LogP contribution < -0.4 is 5.32 Å². The Morgan fingerprint density at radius 2 is 1.74 bits per heavy atom. The molecule has 8 nitrogen and oxygen atoms in total. The van der Waals surface area contributed by atoms with Crippen molar-refractivity contribution in [2.24, 2.45) is 16.7 Å². The Hall–Kier alpha value is -2.77. The lowest BCUT2D eigenvalue weighted by Crippen LogP contribution is -2.44. The number of carbonyl (C=O) groups excluding carboxylic acids is 3. The number of rotatable bonds is 10. The molecule has 1 aliphatic rings. The third-order valence-electron chi connectivity index (χ3n) is 6.18. The minimum atomic E-state index is -0.437. The Morgan fingerprint density at radius 1 is 1.06 bits per heavy atom. The lowest BCUT2D eigenvalue weighted by atomic mass is 9.60. The molecule has 2 atom stereocenters. The lowest BCUT2D eigenvalue weighted by Gasteiger charge is -2.46. The summed E-state index contributed by atoms with van der Waals surface area (Å²) in [6, 6.07) is 9.69. The van der Waals surface area contributed by atoms with Gasteiger partial charge >= 0.3 is 18.2 Å². The molecule has 190 valence electrons. The van der Waals surface area contributed by atoms with Crippen LogP contribution in [0.3, 0.4) is 0 Å². The average molecular weight is 477 g/mol. The molecule has 1 aliphatic carbocycles. The Kier molecular flexibility index (Phi) is 10.2. The van der Waals surface area contributed by atoms with Crippen LogP contribution in [0, 0.1) is 16.7 Å². The normalized spacial score (nSPS) is 21.3. The van der Waals surface area contributed by atoms with Crippen molar-refractivity contribution in [1.82, 2.24) is 10.2 Å². The summed E-state index contributed by atoms with van der Waals surface area (Å²) in [5, 5.41) is 2.81. The molecule has 8 heteroatoms. The van der Waals surface area contributed by atoms with Crippen LogP contribution in [-0.4, -0.2) is 57.0 Å². The Bertz CT molecular complexity index is 813. The topological polar surface area (TPSA) is 94.2 Å². The van der Waals surface area contributed by atoms with Crippen LogP contribution >= 0.6 is 0 Å². The van der Waals surface area contributed by atoms with Gasteiger partial charge in [0.1, 0.15) is 0 Å². The largest absolute Gasteiger partial charge is 0.466 e. The van der Waals surface area contributed by atoms with Gasteiger partial charge in [0.25, 0.3) is 0 Å². The summed E-state index contributed by atoms with van der Waals surface area (Å²) in [5.74, 6) is -0.0522. The van der Waals surface area contributed by atoms with Gasteiger partial charge in [0, 0.05) is 33.0 Å². The standard InChI is InChI=1S/C26H40N2O6/c1-25(2)15-21(16-26(3,18-25)19-27-23(30)32-5)14-22(29)33-12-9-13-34-24(31)28(4)17-20-10-7-6-8-11-20/h6-8,10-11,21H,9,12-19H2,1-5H3,(H,27,30). The summed E-state index contributed by atoms with van der Waals surface area (Å²) in [7, 11) is 3.04. The number of amides is 2. The quantitative estimate of drug-likeness (QED) is 0.297. The molecule has 1 saturated carbocycles. The molecule has 0 radical (unpaired) electrons. The zero-order valence-electron chi connectivity index (χ0n) is 21.2. The van der Waals surface area contributed by atoms with Crippen molar-refractivity contribution in [2.75, 3.05) is 33.9 Å². The number of nitrogens with zero attached hydrogens (tertiary/aromatic N) is 1. The summed E-state index contributed by atoms with van der Waals surface area (Å²) in [6.07, 6.45) is 2.68. The zero-order chi connectivity index (χ0) is 25.2. The molecule has 0 bridgehead atoms. The van der Waals surface area contributed by atoms with Gasteiger partial charge in [-0.3, -0.25) is 4.79 Å². The highest BCUT2D eigenvalue weighted by atomic mass is 16.6. The predicted molar refractivity (Wildman–Crippen MR) is 129 cm³/mol. The molecule has 0 aliphatic heterocycles. The number of benzene rings is 1. The first-order valence-corrected chi connectivity index (χ1v) is 11.9. The van der Waals surface area contributed by atoms with E-state index in [1.165, 1.54) is 12.0 Å². The van der Waals surface area contributed by atoms with Gasteiger partial charge in [-0.15, -0.1) is 0 Å². The summed E-state index contributed by atoms with van der Waals surface area (Å²) in [6.45, 7) is 7.93. The van der Waals surface area contributed by atoms with Crippen molar-refractivity contribution in [1.29, 1.82) is 0 Å². The van der Waals surface area contributed by atoms with E-state index in [9.17, 15) is 14.4 Å². The van der Waals surface area contributed by atoms with Gasteiger partial charge in [-0.1, -0.05) is 51.1 Å². The molecule has 1 N–H and O–H groups in total. The Labute approximate surface area is 203 Å². The van der Waals surface area contributed by atoms with E-state index in [0.717, 1.165) is 24.8 Å². The zero-order valence-corrected chi connectivity index (χ0v) is 21.2. The van der Waals surface area contributed by atoms with E-state index in [1.54, 1.807) is 7.05 Å². The van der Waals surface area contributed by atoms with E-state index in [1.807, 2.05) is 30.3 Å². The average Bonchev–Trinajstić information content (AvgIpc) is 2.76. The number of ether oxygens (including phenoxy) is 3. The monoisotopic (exact) mass is 476 g/mol. The van der Waals surface area contributed by atoms with E-state index in [0.29, 0.717) is 25.9 Å². The lowest BCUT2D eigenvalue weighted by molar-refractivity contribution is -0.146. The van der Waals surface area contributed by atoms with E-state index in [-0.39, 0.29) is 35.9 Å². The number of esters is 1. The summed E-state index contributed by atoms with van der Waals surface area (Å²) >= 11 is 0. The summed E-state index contributed by atoms with van der Waals surface area (Å²) < 4.78 is 15.4. The highest BCUT2D eigenvalue weighted by molar-refractivity contribution is 5.70. The van der Waals surface area contributed by atoms with Crippen LogP contribution in [0.15, 0.2) is 30.3 Å². The minimum absolute atomic E-state index is 0.0652. The van der Waals surface area contributed by atoms with Crippen LogP contribution in [-0.2, 0) is 25.5 Å². The highest BCUT2D eigenvalue weighted by Crippen LogP contribution is 2.49. The first kappa shape index (κ1) is 27.5. The fourth-order valence-electron chi connectivity index (χ4n) is 5.22. The van der Waals surface area contributed by atoms with Gasteiger partial charge in [-0.25, -0.2) is 9.59 Å². The van der Waals surface area contributed by atoms with Crippen molar-refractivity contribution in [2.45, 2.75) is 59.4 Å². The van der Waals surface area contributed by atoms with Crippen LogP contribution in [0.25, 0.3) is 0 Å². The van der Waals surface area contributed by atoms with Crippen LogP contribution in [0.5, 0.6) is 0 Å². The van der Waals surface area contributed by atoms with Crippen molar-refractivity contribution in [3.63, 3.8) is 0 Å². The number of hydrogen-bond acceptors (Lipinski definition) is 6. The smallest absolute Gasteiger partial charge is 0.409 e. The van der Waals surface area contributed by atoms with Crippen LogP contribution in [0.2, 0.25) is 0 Å². The molecule has 2 amide bonds. The second-order valence-corrected chi connectivity index (χ2v) is 10.5. The maximum absolute atomic E-state index is 12.4. The number of methoxy groups -OCH3 is 1. The molecular weight excluding hydrogens is 436 g/mol. The molecule has 2 rings (SSSR count). The molecule has 0 spiro atoms. The second-order valence-electron chi connectivity index (χ2n) is 10.5. The maximum Gasteiger partial charge on any atom is 0.409 e. The molecule has 0 saturated heterocycles. The molecule has 34 heavy (non-hydrogen) atoms. The summed E-state index contributed by atoms with van der Waals surface area (Å²) in [4.78, 5) is 37.6. The van der Waals surface area contributed by atoms with Crippen LogP contribution in [0.4, 0.5) is 9.59 Å². The van der Waals surface area contributed by atoms with Gasteiger partial charge < -0.3 is 24.4 Å². The van der Waals surface area contributed by atoms with E-state index in [2.05, 4.69) is 26.1 Å². The first-order chi connectivity index (χ1) is 16.0. The van der Waals surface area contributed by atoms with Gasteiger partial charge in [0.05, 0.1) is 20.3 Å². The molecule has 2 unspecified atom stereocenters. The third-order valence-corrected chi connectivity index (χ3v) is 6.18. The van der Waals surface area contributed by atoms with E-state index < -0.39 is 12.2 Å². The van der Waals surface area contributed by atoms with Crippen molar-refractivity contribution >= 4 is 18.2 Å². The van der Waals surface area contributed by atoms with E-state index >= 15 is 0 Å². The van der Waals surface area contributed by atoms with Crippen molar-refractivity contribution in [3.8, 4) is 0 Å². The molecule has 0 heterocycles. The number of carbonyl (C=O) groups is 3. The van der Waals surface area contributed by atoms with Crippen molar-refractivity contribution < 1.29 is 28.6 Å². The third kappa shape index (κ3) is 9.61. The fourth-order valence-corrected chi connectivity index (χ4v) is 5.22. The summed E-state index contributed by atoms with van der Waals surface area (Å²) in [5.41, 5.74) is 0.982.